The van der Waals surface area contributed by atoms with Gasteiger partial charge in [-0.25, -0.2) is 4.98 Å². The summed E-state index contributed by atoms with van der Waals surface area (Å²) in [4.78, 5) is 19.0. The van der Waals surface area contributed by atoms with Gasteiger partial charge in [0.2, 0.25) is 0 Å². The van der Waals surface area contributed by atoms with Crippen molar-refractivity contribution in [3.63, 3.8) is 0 Å². The average molecular weight is 247 g/mol. The summed E-state index contributed by atoms with van der Waals surface area (Å²) in [5.74, 6) is 2.10. The van der Waals surface area contributed by atoms with Crippen molar-refractivity contribution in [2.24, 2.45) is 5.41 Å². The summed E-state index contributed by atoms with van der Waals surface area (Å²) in [5.41, 5.74) is 0.379. The highest BCUT2D eigenvalue weighted by Crippen LogP contribution is 2.39. The number of rotatable bonds is 3. The van der Waals surface area contributed by atoms with Crippen LogP contribution in [-0.4, -0.2) is 16.0 Å². The minimum atomic E-state index is -0.0355. The topological polar surface area (TPSA) is 57.8 Å². The minimum Gasteiger partial charge on any atom is -0.367 e. The van der Waals surface area contributed by atoms with Gasteiger partial charge in [-0.3, -0.25) is 4.79 Å². The molecule has 2 fully saturated rings. The molecular weight excluding hydrogens is 226 g/mol. The van der Waals surface area contributed by atoms with Crippen molar-refractivity contribution >= 4 is 5.82 Å². The zero-order valence-corrected chi connectivity index (χ0v) is 11.1. The summed E-state index contributed by atoms with van der Waals surface area (Å²) in [6.45, 7) is 4.60. The quantitative estimate of drug-likeness (QED) is 0.863. The van der Waals surface area contributed by atoms with Gasteiger partial charge in [-0.2, -0.15) is 0 Å². The molecule has 1 aromatic heterocycles. The number of aromatic nitrogens is 2. The van der Waals surface area contributed by atoms with E-state index in [-0.39, 0.29) is 5.56 Å². The second-order valence-electron chi connectivity index (χ2n) is 6.54. The lowest BCUT2D eigenvalue weighted by Gasteiger charge is -2.18. The Morgan fingerprint density at radius 1 is 1.39 bits per heavy atom. The van der Waals surface area contributed by atoms with E-state index in [1.165, 1.54) is 12.8 Å². The first-order chi connectivity index (χ1) is 8.52. The van der Waals surface area contributed by atoms with E-state index < -0.39 is 0 Å². The Hall–Kier alpha value is -1.32. The molecule has 4 heteroatoms. The van der Waals surface area contributed by atoms with Crippen LogP contribution in [0.25, 0.3) is 0 Å². The molecule has 0 bridgehead atoms. The fourth-order valence-corrected chi connectivity index (χ4v) is 2.87. The van der Waals surface area contributed by atoms with E-state index in [2.05, 4.69) is 29.1 Å². The highest BCUT2D eigenvalue weighted by Gasteiger charge is 2.31. The summed E-state index contributed by atoms with van der Waals surface area (Å²) in [6, 6.07) is 2.04. The Morgan fingerprint density at radius 2 is 2.17 bits per heavy atom. The van der Waals surface area contributed by atoms with Crippen LogP contribution in [0, 0.1) is 5.41 Å². The third-order valence-electron chi connectivity index (χ3n) is 4.04. The molecular formula is C14H21N3O. The van der Waals surface area contributed by atoms with Crippen molar-refractivity contribution in [1.29, 1.82) is 0 Å². The third-order valence-corrected chi connectivity index (χ3v) is 4.04. The molecule has 4 nitrogen and oxygen atoms in total. The molecule has 2 aliphatic carbocycles. The lowest BCUT2D eigenvalue weighted by molar-refractivity contribution is 0.378. The minimum absolute atomic E-state index is 0.0355. The molecule has 1 atom stereocenters. The summed E-state index contributed by atoms with van der Waals surface area (Å²) >= 11 is 0. The number of nitrogens with one attached hydrogen (secondary N) is 2. The molecule has 1 aromatic rings. The fraction of sp³-hybridized carbons (Fsp3) is 0.714. The molecule has 0 saturated heterocycles. The third kappa shape index (κ3) is 2.57. The van der Waals surface area contributed by atoms with Crippen LogP contribution in [0.2, 0.25) is 0 Å². The van der Waals surface area contributed by atoms with Crippen LogP contribution in [0.4, 0.5) is 5.82 Å². The van der Waals surface area contributed by atoms with Gasteiger partial charge >= 0.3 is 0 Å². The molecule has 0 aromatic carbocycles. The Labute approximate surface area is 107 Å². The van der Waals surface area contributed by atoms with Gasteiger partial charge < -0.3 is 10.3 Å². The molecule has 18 heavy (non-hydrogen) atoms. The number of anilines is 1. The molecule has 2 aliphatic rings. The van der Waals surface area contributed by atoms with Crippen molar-refractivity contribution in [1.82, 2.24) is 9.97 Å². The van der Waals surface area contributed by atoms with Crippen LogP contribution in [0.1, 0.15) is 57.7 Å². The van der Waals surface area contributed by atoms with Crippen molar-refractivity contribution in [2.45, 2.75) is 57.9 Å². The number of hydrogen-bond donors (Lipinski definition) is 2. The maximum absolute atomic E-state index is 11.6. The average Bonchev–Trinajstić information content (AvgIpc) is 3.04. The highest BCUT2D eigenvalue weighted by atomic mass is 16.1. The van der Waals surface area contributed by atoms with Crippen LogP contribution >= 0.6 is 0 Å². The van der Waals surface area contributed by atoms with Crippen LogP contribution in [0.5, 0.6) is 0 Å². The summed E-state index contributed by atoms with van der Waals surface area (Å²) in [5, 5.41) is 3.43. The van der Waals surface area contributed by atoms with Crippen LogP contribution in [-0.2, 0) is 0 Å². The zero-order valence-electron chi connectivity index (χ0n) is 11.1. The van der Waals surface area contributed by atoms with Crippen molar-refractivity contribution in [3.05, 3.63) is 22.2 Å². The monoisotopic (exact) mass is 247 g/mol. The van der Waals surface area contributed by atoms with E-state index in [4.69, 9.17) is 0 Å². The lowest BCUT2D eigenvalue weighted by atomic mass is 9.92. The Bertz CT molecular complexity index is 502. The number of aromatic amines is 1. The number of hydrogen-bond acceptors (Lipinski definition) is 3. The second kappa shape index (κ2) is 4.11. The first kappa shape index (κ1) is 11.8. The summed E-state index contributed by atoms with van der Waals surface area (Å²) in [7, 11) is 0. The predicted octanol–water partition coefficient (Wildman–Crippen LogP) is 2.64. The molecule has 0 aliphatic heterocycles. The van der Waals surface area contributed by atoms with E-state index in [1.54, 1.807) is 6.07 Å². The smallest absolute Gasteiger partial charge is 0.252 e. The maximum atomic E-state index is 11.6. The van der Waals surface area contributed by atoms with Gasteiger partial charge in [-0.15, -0.1) is 0 Å². The molecule has 2 N–H and O–H groups in total. The predicted molar refractivity (Wildman–Crippen MR) is 71.9 cm³/mol. The maximum Gasteiger partial charge on any atom is 0.252 e. The molecule has 98 valence electrons. The van der Waals surface area contributed by atoms with Gasteiger partial charge in [-0.1, -0.05) is 13.8 Å². The van der Waals surface area contributed by atoms with Gasteiger partial charge in [0.15, 0.2) is 0 Å². The summed E-state index contributed by atoms with van der Waals surface area (Å²) in [6.07, 6.45) is 5.87. The Balaban J connectivity index is 1.74. The standard InChI is InChI=1S/C14H21N3O/c1-14(2)6-5-10(8-14)15-11-7-12(18)17-13(16-11)9-3-4-9/h7,9-10H,3-6,8H2,1-2H3,(H2,15,16,17,18). The summed E-state index contributed by atoms with van der Waals surface area (Å²) < 4.78 is 0. The first-order valence-electron chi connectivity index (χ1n) is 6.90. The van der Waals surface area contributed by atoms with Gasteiger partial charge in [0.05, 0.1) is 0 Å². The van der Waals surface area contributed by atoms with Crippen molar-refractivity contribution in [3.8, 4) is 0 Å². The van der Waals surface area contributed by atoms with Crippen LogP contribution < -0.4 is 10.9 Å². The van der Waals surface area contributed by atoms with E-state index in [9.17, 15) is 4.79 Å². The second-order valence-corrected chi connectivity index (χ2v) is 6.54. The number of H-pyrrole nitrogens is 1. The Kier molecular flexibility index (Phi) is 2.68. The zero-order chi connectivity index (χ0) is 12.8. The van der Waals surface area contributed by atoms with Gasteiger partial charge in [0, 0.05) is 18.0 Å². The van der Waals surface area contributed by atoms with Crippen molar-refractivity contribution in [2.75, 3.05) is 5.32 Å². The van der Waals surface area contributed by atoms with E-state index >= 15 is 0 Å². The molecule has 1 heterocycles. The van der Waals surface area contributed by atoms with Crippen molar-refractivity contribution < 1.29 is 0 Å². The molecule has 0 amide bonds. The largest absolute Gasteiger partial charge is 0.367 e. The van der Waals surface area contributed by atoms with Crippen LogP contribution in [0.15, 0.2) is 10.9 Å². The van der Waals surface area contributed by atoms with Gasteiger partial charge in [0.1, 0.15) is 11.6 Å². The molecule has 0 spiro atoms. The van der Waals surface area contributed by atoms with Crippen LogP contribution in [0.3, 0.4) is 0 Å². The van der Waals surface area contributed by atoms with E-state index in [0.717, 1.165) is 30.9 Å². The van der Waals surface area contributed by atoms with E-state index in [1.807, 2.05) is 0 Å². The molecule has 3 rings (SSSR count). The SMILES string of the molecule is CC1(C)CCC(Nc2cc(=O)[nH]c(C3CC3)n2)C1. The first-order valence-corrected chi connectivity index (χ1v) is 6.90. The fourth-order valence-electron chi connectivity index (χ4n) is 2.87. The number of nitrogens with zero attached hydrogens (tertiary/aromatic N) is 1. The lowest BCUT2D eigenvalue weighted by Crippen LogP contribution is -2.21. The van der Waals surface area contributed by atoms with Gasteiger partial charge in [-0.05, 0) is 37.5 Å². The Morgan fingerprint density at radius 3 is 2.78 bits per heavy atom. The highest BCUT2D eigenvalue weighted by molar-refractivity contribution is 5.35. The molecule has 0 radical (unpaired) electrons. The van der Waals surface area contributed by atoms with E-state index in [0.29, 0.717) is 17.4 Å². The molecule has 1 unspecified atom stereocenters. The molecule has 2 saturated carbocycles. The normalized spacial score (nSPS) is 26.2. The van der Waals surface area contributed by atoms with Gasteiger partial charge in [0.25, 0.3) is 5.56 Å².